The van der Waals surface area contributed by atoms with Crippen molar-refractivity contribution in [2.45, 2.75) is 6.92 Å². The molecule has 0 aromatic heterocycles. The SMILES string of the molecule is CC(=O)Nc1ccc(C2=C(N3CCOCC3)C(=O)N(c3ccc(N(C)C)cc3)C2=O)cc1. The van der Waals surface area contributed by atoms with E-state index in [1.807, 2.05) is 36.0 Å². The average molecular weight is 434 g/mol. The van der Waals surface area contributed by atoms with Gasteiger partial charge in [0.1, 0.15) is 5.70 Å². The van der Waals surface area contributed by atoms with Crippen LogP contribution in [0.25, 0.3) is 5.57 Å². The molecule has 0 bridgehead atoms. The zero-order valence-corrected chi connectivity index (χ0v) is 18.4. The van der Waals surface area contributed by atoms with Gasteiger partial charge < -0.3 is 19.9 Å². The summed E-state index contributed by atoms with van der Waals surface area (Å²) in [7, 11) is 3.87. The van der Waals surface area contributed by atoms with Crippen molar-refractivity contribution < 1.29 is 19.1 Å². The molecule has 1 N–H and O–H groups in total. The van der Waals surface area contributed by atoms with Crippen molar-refractivity contribution in [1.29, 1.82) is 0 Å². The van der Waals surface area contributed by atoms with Crippen LogP contribution in [0.1, 0.15) is 12.5 Å². The van der Waals surface area contributed by atoms with Crippen molar-refractivity contribution in [2.75, 3.05) is 55.5 Å². The average Bonchev–Trinajstić information content (AvgIpc) is 3.04. The molecule has 1 saturated heterocycles. The molecule has 32 heavy (non-hydrogen) atoms. The number of morpholine rings is 1. The monoisotopic (exact) mass is 434 g/mol. The number of carbonyl (C=O) groups excluding carboxylic acids is 3. The van der Waals surface area contributed by atoms with Crippen molar-refractivity contribution >= 4 is 40.4 Å². The summed E-state index contributed by atoms with van der Waals surface area (Å²) in [6, 6.07) is 14.3. The summed E-state index contributed by atoms with van der Waals surface area (Å²) in [6.07, 6.45) is 0. The van der Waals surface area contributed by atoms with Gasteiger partial charge >= 0.3 is 0 Å². The maximum atomic E-state index is 13.6. The number of anilines is 3. The van der Waals surface area contributed by atoms with Gasteiger partial charge in [-0.25, -0.2) is 4.90 Å². The van der Waals surface area contributed by atoms with Crippen LogP contribution in [-0.2, 0) is 19.1 Å². The lowest BCUT2D eigenvalue weighted by Crippen LogP contribution is -2.40. The molecule has 0 atom stereocenters. The number of amides is 3. The molecule has 166 valence electrons. The Hall–Kier alpha value is -3.65. The topological polar surface area (TPSA) is 82.2 Å². The van der Waals surface area contributed by atoms with Crippen LogP contribution in [0, 0.1) is 0 Å². The van der Waals surface area contributed by atoms with Crippen molar-refractivity contribution in [1.82, 2.24) is 4.90 Å². The van der Waals surface area contributed by atoms with E-state index in [2.05, 4.69) is 5.32 Å². The molecule has 3 amide bonds. The third-order valence-corrected chi connectivity index (χ3v) is 5.50. The van der Waals surface area contributed by atoms with Gasteiger partial charge in [0, 0.05) is 45.5 Å². The number of carbonyl (C=O) groups is 3. The van der Waals surface area contributed by atoms with Crippen LogP contribution in [0.3, 0.4) is 0 Å². The summed E-state index contributed by atoms with van der Waals surface area (Å²) in [5.41, 5.74) is 3.52. The third kappa shape index (κ3) is 4.09. The van der Waals surface area contributed by atoms with E-state index in [0.29, 0.717) is 54.5 Å². The van der Waals surface area contributed by atoms with Crippen LogP contribution in [0.4, 0.5) is 17.1 Å². The standard InChI is InChI=1S/C24H26N4O4/c1-16(29)25-18-6-4-17(5-7-18)21-22(27-12-14-32-15-13-27)24(31)28(23(21)30)20-10-8-19(9-11-20)26(2)3/h4-11H,12-15H2,1-3H3,(H,25,29). The van der Waals surface area contributed by atoms with Gasteiger partial charge in [-0.3, -0.25) is 14.4 Å². The molecule has 0 unspecified atom stereocenters. The Balaban J connectivity index is 1.74. The Morgan fingerprint density at radius 2 is 1.56 bits per heavy atom. The van der Waals surface area contributed by atoms with Crippen molar-refractivity contribution in [3.63, 3.8) is 0 Å². The predicted molar refractivity (Wildman–Crippen MR) is 123 cm³/mol. The molecule has 2 aromatic rings. The minimum absolute atomic E-state index is 0.176. The van der Waals surface area contributed by atoms with E-state index in [1.165, 1.54) is 11.8 Å². The highest BCUT2D eigenvalue weighted by Gasteiger charge is 2.42. The third-order valence-electron chi connectivity index (χ3n) is 5.50. The van der Waals surface area contributed by atoms with E-state index in [0.717, 1.165) is 5.69 Å². The number of rotatable bonds is 5. The van der Waals surface area contributed by atoms with Gasteiger partial charge in [-0.05, 0) is 42.0 Å². The molecule has 2 aliphatic heterocycles. The molecule has 1 fully saturated rings. The van der Waals surface area contributed by atoms with Gasteiger partial charge in [-0.1, -0.05) is 12.1 Å². The molecule has 0 spiro atoms. The Morgan fingerprint density at radius 1 is 0.938 bits per heavy atom. The predicted octanol–water partition coefficient (Wildman–Crippen LogP) is 2.33. The maximum absolute atomic E-state index is 13.6. The van der Waals surface area contributed by atoms with Gasteiger partial charge in [0.15, 0.2) is 0 Å². The lowest BCUT2D eigenvalue weighted by atomic mass is 10.0. The van der Waals surface area contributed by atoms with E-state index in [4.69, 9.17) is 4.74 Å². The number of imide groups is 1. The molecule has 0 radical (unpaired) electrons. The molecular weight excluding hydrogens is 408 g/mol. The quantitative estimate of drug-likeness (QED) is 0.728. The minimum Gasteiger partial charge on any atom is -0.378 e. The van der Waals surface area contributed by atoms with E-state index < -0.39 is 0 Å². The first-order chi connectivity index (χ1) is 15.4. The summed E-state index contributed by atoms with van der Waals surface area (Å²) in [5, 5.41) is 2.72. The number of nitrogens with one attached hydrogen (secondary N) is 1. The molecule has 8 heteroatoms. The van der Waals surface area contributed by atoms with Gasteiger partial charge in [0.05, 0.1) is 24.5 Å². The summed E-state index contributed by atoms with van der Waals surface area (Å²) in [4.78, 5) is 43.5. The first-order valence-electron chi connectivity index (χ1n) is 10.5. The van der Waals surface area contributed by atoms with E-state index in [9.17, 15) is 14.4 Å². The van der Waals surface area contributed by atoms with Gasteiger partial charge in [-0.15, -0.1) is 0 Å². The molecule has 2 aliphatic rings. The van der Waals surface area contributed by atoms with Crippen molar-refractivity contribution in [3.8, 4) is 0 Å². The summed E-state index contributed by atoms with van der Waals surface area (Å²) < 4.78 is 5.44. The van der Waals surface area contributed by atoms with Crippen LogP contribution < -0.4 is 15.1 Å². The normalized spacial score (nSPS) is 16.6. The second-order valence-electron chi connectivity index (χ2n) is 7.94. The van der Waals surface area contributed by atoms with Crippen molar-refractivity contribution in [3.05, 3.63) is 59.8 Å². The molecule has 0 saturated carbocycles. The molecule has 4 rings (SSSR count). The number of nitrogens with zero attached hydrogens (tertiary/aromatic N) is 3. The smallest absolute Gasteiger partial charge is 0.282 e. The van der Waals surface area contributed by atoms with Gasteiger partial charge in [0.2, 0.25) is 5.91 Å². The minimum atomic E-state index is -0.360. The molecule has 2 heterocycles. The Bertz CT molecular complexity index is 1070. The Morgan fingerprint density at radius 3 is 2.12 bits per heavy atom. The highest BCUT2D eigenvalue weighted by molar-refractivity contribution is 6.45. The van der Waals surface area contributed by atoms with E-state index in [-0.39, 0.29) is 17.7 Å². The zero-order chi connectivity index (χ0) is 22.8. The van der Waals surface area contributed by atoms with Crippen LogP contribution >= 0.6 is 0 Å². The highest BCUT2D eigenvalue weighted by Crippen LogP contribution is 2.36. The van der Waals surface area contributed by atoms with Crippen molar-refractivity contribution in [2.24, 2.45) is 0 Å². The Kier molecular flexibility index (Phi) is 5.96. The Labute approximate surface area is 187 Å². The fourth-order valence-electron chi connectivity index (χ4n) is 3.92. The molecular formula is C24H26N4O4. The molecule has 8 nitrogen and oxygen atoms in total. The van der Waals surface area contributed by atoms with Crippen LogP contribution in [0.2, 0.25) is 0 Å². The second-order valence-corrected chi connectivity index (χ2v) is 7.94. The summed E-state index contributed by atoms with van der Waals surface area (Å²) in [5.74, 6) is -0.873. The van der Waals surface area contributed by atoms with Crippen LogP contribution in [-0.4, -0.2) is 63.0 Å². The number of benzene rings is 2. The maximum Gasteiger partial charge on any atom is 0.282 e. The molecule has 0 aliphatic carbocycles. The first-order valence-corrected chi connectivity index (χ1v) is 10.5. The van der Waals surface area contributed by atoms with Crippen LogP contribution in [0.15, 0.2) is 54.2 Å². The lowest BCUT2D eigenvalue weighted by Gasteiger charge is -2.29. The fraction of sp³-hybridized carbons (Fsp3) is 0.292. The number of hydrogen-bond acceptors (Lipinski definition) is 6. The van der Waals surface area contributed by atoms with Gasteiger partial charge in [0.25, 0.3) is 11.8 Å². The van der Waals surface area contributed by atoms with Crippen LogP contribution in [0.5, 0.6) is 0 Å². The lowest BCUT2D eigenvalue weighted by molar-refractivity contribution is -0.121. The molecule has 2 aromatic carbocycles. The fourth-order valence-corrected chi connectivity index (χ4v) is 3.92. The number of hydrogen-bond donors (Lipinski definition) is 1. The largest absolute Gasteiger partial charge is 0.378 e. The first kappa shape index (κ1) is 21.6. The summed E-state index contributed by atoms with van der Waals surface area (Å²) >= 11 is 0. The summed E-state index contributed by atoms with van der Waals surface area (Å²) in [6.45, 7) is 3.50. The zero-order valence-electron chi connectivity index (χ0n) is 18.4. The second kappa shape index (κ2) is 8.84. The van der Waals surface area contributed by atoms with E-state index >= 15 is 0 Å². The van der Waals surface area contributed by atoms with E-state index in [1.54, 1.807) is 36.4 Å². The number of ether oxygens (including phenoxy) is 1. The highest BCUT2D eigenvalue weighted by atomic mass is 16.5. The van der Waals surface area contributed by atoms with Gasteiger partial charge in [-0.2, -0.15) is 0 Å².